The van der Waals surface area contributed by atoms with Crippen molar-refractivity contribution in [1.82, 2.24) is 4.90 Å². The van der Waals surface area contributed by atoms with E-state index in [4.69, 9.17) is 11.6 Å². The molecular weight excluding hydrogens is 372 g/mol. The molecule has 0 fully saturated rings. The van der Waals surface area contributed by atoms with Crippen LogP contribution >= 0.6 is 11.6 Å². The third-order valence-electron chi connectivity index (χ3n) is 4.27. The molecule has 0 aliphatic rings. The third kappa shape index (κ3) is 4.02. The van der Waals surface area contributed by atoms with E-state index in [0.717, 1.165) is 9.87 Å². The van der Waals surface area contributed by atoms with Crippen molar-refractivity contribution in [3.05, 3.63) is 58.6 Å². The molecule has 0 heterocycles. The summed E-state index contributed by atoms with van der Waals surface area (Å²) in [6.45, 7) is 6.76. The molecule has 0 saturated heterocycles. The van der Waals surface area contributed by atoms with Gasteiger partial charge in [0.1, 0.15) is 0 Å². The van der Waals surface area contributed by atoms with Crippen molar-refractivity contribution in [2.75, 3.05) is 24.4 Å². The van der Waals surface area contributed by atoms with Gasteiger partial charge < -0.3 is 4.90 Å². The molecule has 5 nitrogen and oxygen atoms in total. The Bertz CT molecular complexity index is 892. The number of anilines is 1. The number of amides is 1. The maximum atomic E-state index is 12.9. The zero-order valence-electron chi connectivity index (χ0n) is 15.4. The Morgan fingerprint density at radius 2 is 1.62 bits per heavy atom. The van der Waals surface area contributed by atoms with Crippen molar-refractivity contribution in [3.8, 4) is 0 Å². The normalized spacial score (nSPS) is 11.3. The largest absolute Gasteiger partial charge is 0.339 e. The van der Waals surface area contributed by atoms with Crippen molar-refractivity contribution in [2.24, 2.45) is 0 Å². The van der Waals surface area contributed by atoms with E-state index in [1.165, 1.54) is 13.1 Å². The standard InChI is InChI=1S/C19H23ClN2O3S/c1-5-22(6-2)19(23)17-13-15(9-12-18(17)20)21(4)26(24,25)16-10-7-14(3)8-11-16/h7-13H,5-6H2,1-4H3. The highest BCUT2D eigenvalue weighted by molar-refractivity contribution is 7.92. The molecule has 0 aliphatic heterocycles. The molecule has 2 aromatic carbocycles. The first-order valence-electron chi connectivity index (χ1n) is 8.36. The summed E-state index contributed by atoms with van der Waals surface area (Å²) in [7, 11) is -2.27. The number of nitrogens with zero attached hydrogens (tertiary/aromatic N) is 2. The van der Waals surface area contributed by atoms with Crippen LogP contribution in [0.15, 0.2) is 47.4 Å². The van der Waals surface area contributed by atoms with Gasteiger partial charge in [-0.2, -0.15) is 0 Å². The zero-order valence-corrected chi connectivity index (χ0v) is 16.9. The highest BCUT2D eigenvalue weighted by Crippen LogP contribution is 2.27. The second kappa shape index (κ2) is 8.10. The minimum atomic E-state index is -3.73. The van der Waals surface area contributed by atoms with Gasteiger partial charge in [0.2, 0.25) is 0 Å². The van der Waals surface area contributed by atoms with Crippen molar-refractivity contribution in [2.45, 2.75) is 25.7 Å². The zero-order chi connectivity index (χ0) is 19.5. The minimum absolute atomic E-state index is 0.192. The lowest BCUT2D eigenvalue weighted by Gasteiger charge is -2.23. The number of hydrogen-bond donors (Lipinski definition) is 0. The quantitative estimate of drug-likeness (QED) is 0.745. The summed E-state index contributed by atoms with van der Waals surface area (Å²) < 4.78 is 26.9. The van der Waals surface area contributed by atoms with Crippen molar-refractivity contribution in [1.29, 1.82) is 0 Å². The first kappa shape index (κ1) is 20.3. The number of carbonyl (C=O) groups is 1. The van der Waals surface area contributed by atoms with Crippen molar-refractivity contribution < 1.29 is 13.2 Å². The fraction of sp³-hybridized carbons (Fsp3) is 0.316. The molecule has 0 atom stereocenters. The number of benzene rings is 2. The Kier molecular flexibility index (Phi) is 6.31. The van der Waals surface area contributed by atoms with E-state index in [1.807, 2.05) is 20.8 Å². The van der Waals surface area contributed by atoms with E-state index < -0.39 is 10.0 Å². The van der Waals surface area contributed by atoms with Gasteiger partial charge >= 0.3 is 0 Å². The van der Waals surface area contributed by atoms with Crippen LogP contribution in [0.3, 0.4) is 0 Å². The number of sulfonamides is 1. The number of halogens is 1. The highest BCUT2D eigenvalue weighted by Gasteiger charge is 2.23. The third-order valence-corrected chi connectivity index (χ3v) is 6.40. The van der Waals surface area contributed by atoms with Gasteiger partial charge in [0.25, 0.3) is 15.9 Å². The summed E-state index contributed by atoms with van der Waals surface area (Å²) in [5.41, 5.74) is 1.65. The molecule has 0 unspecified atom stereocenters. The van der Waals surface area contributed by atoms with Gasteiger partial charge in [-0.1, -0.05) is 29.3 Å². The van der Waals surface area contributed by atoms with Gasteiger partial charge in [-0.05, 0) is 51.1 Å². The summed E-state index contributed by atoms with van der Waals surface area (Å²) in [6.07, 6.45) is 0. The molecule has 0 spiro atoms. The number of aryl methyl sites for hydroxylation is 1. The molecule has 7 heteroatoms. The summed E-state index contributed by atoms with van der Waals surface area (Å²) in [5.74, 6) is -0.219. The van der Waals surface area contributed by atoms with Crippen LogP contribution in [0.2, 0.25) is 5.02 Å². The van der Waals surface area contributed by atoms with Gasteiger partial charge in [-0.15, -0.1) is 0 Å². The SMILES string of the molecule is CCN(CC)C(=O)c1cc(N(C)S(=O)(=O)c2ccc(C)cc2)ccc1Cl. The van der Waals surface area contributed by atoms with Crippen molar-refractivity contribution >= 4 is 33.2 Å². The fourth-order valence-corrected chi connectivity index (χ4v) is 3.95. The second-order valence-corrected chi connectivity index (χ2v) is 8.30. The van der Waals surface area contributed by atoms with E-state index in [-0.39, 0.29) is 10.8 Å². The number of carbonyl (C=O) groups excluding carboxylic acids is 1. The predicted molar refractivity (Wildman–Crippen MR) is 105 cm³/mol. The van der Waals surface area contributed by atoms with Crippen LogP contribution in [0.25, 0.3) is 0 Å². The minimum Gasteiger partial charge on any atom is -0.339 e. The lowest BCUT2D eigenvalue weighted by atomic mass is 10.1. The molecule has 2 rings (SSSR count). The monoisotopic (exact) mass is 394 g/mol. The number of hydrogen-bond acceptors (Lipinski definition) is 3. The Morgan fingerprint density at radius 3 is 2.15 bits per heavy atom. The summed E-state index contributed by atoms with van der Waals surface area (Å²) in [5, 5.41) is 0.298. The van der Waals surface area contributed by atoms with Crippen LogP contribution in [0.4, 0.5) is 5.69 Å². The van der Waals surface area contributed by atoms with E-state index in [0.29, 0.717) is 29.4 Å². The molecule has 2 aromatic rings. The average Bonchev–Trinajstić information content (AvgIpc) is 2.62. The molecule has 0 bridgehead atoms. The molecule has 0 radical (unpaired) electrons. The van der Waals surface area contributed by atoms with Gasteiger partial charge in [-0.25, -0.2) is 8.42 Å². The van der Waals surface area contributed by atoms with Crippen LogP contribution in [0.5, 0.6) is 0 Å². The summed E-state index contributed by atoms with van der Waals surface area (Å²) >= 11 is 6.19. The topological polar surface area (TPSA) is 57.7 Å². The smallest absolute Gasteiger partial charge is 0.264 e. The Morgan fingerprint density at radius 1 is 1.04 bits per heavy atom. The summed E-state index contributed by atoms with van der Waals surface area (Å²) in [6, 6.07) is 11.3. The Labute approximate surface area is 160 Å². The maximum absolute atomic E-state index is 12.9. The number of rotatable bonds is 6. The maximum Gasteiger partial charge on any atom is 0.264 e. The van der Waals surface area contributed by atoms with Crippen LogP contribution in [-0.2, 0) is 10.0 Å². The fourth-order valence-electron chi connectivity index (χ4n) is 2.56. The van der Waals surface area contributed by atoms with E-state index in [1.54, 1.807) is 41.3 Å². The van der Waals surface area contributed by atoms with Crippen LogP contribution in [0.1, 0.15) is 29.8 Å². The van der Waals surface area contributed by atoms with Gasteiger partial charge in [0, 0.05) is 20.1 Å². The molecule has 0 saturated carbocycles. The van der Waals surface area contributed by atoms with Crippen LogP contribution in [-0.4, -0.2) is 39.4 Å². The average molecular weight is 395 g/mol. The second-order valence-electron chi connectivity index (χ2n) is 5.93. The van der Waals surface area contributed by atoms with Crippen LogP contribution < -0.4 is 4.31 Å². The molecule has 26 heavy (non-hydrogen) atoms. The van der Waals surface area contributed by atoms with Gasteiger partial charge in [-0.3, -0.25) is 9.10 Å². The van der Waals surface area contributed by atoms with E-state index in [9.17, 15) is 13.2 Å². The first-order chi connectivity index (χ1) is 12.2. The predicted octanol–water partition coefficient (Wildman–Crippen LogP) is 3.96. The first-order valence-corrected chi connectivity index (χ1v) is 10.2. The molecule has 140 valence electrons. The molecule has 0 aromatic heterocycles. The molecule has 0 aliphatic carbocycles. The lowest BCUT2D eigenvalue weighted by Crippen LogP contribution is -2.31. The van der Waals surface area contributed by atoms with Gasteiger partial charge in [0.05, 0.1) is 21.2 Å². The molecule has 0 N–H and O–H groups in total. The molecular formula is C19H23ClN2O3S. The summed E-state index contributed by atoms with van der Waals surface area (Å²) in [4.78, 5) is 14.5. The highest BCUT2D eigenvalue weighted by atomic mass is 35.5. The van der Waals surface area contributed by atoms with E-state index in [2.05, 4.69) is 0 Å². The molecule has 1 amide bonds. The Balaban J connectivity index is 2.44. The Hall–Kier alpha value is -2.05. The van der Waals surface area contributed by atoms with E-state index >= 15 is 0 Å². The lowest BCUT2D eigenvalue weighted by molar-refractivity contribution is 0.0773. The van der Waals surface area contributed by atoms with Gasteiger partial charge in [0.15, 0.2) is 0 Å². The van der Waals surface area contributed by atoms with Crippen molar-refractivity contribution in [3.63, 3.8) is 0 Å². The van der Waals surface area contributed by atoms with Crippen LogP contribution in [0, 0.1) is 6.92 Å².